The van der Waals surface area contributed by atoms with Crippen LogP contribution in [0.4, 0.5) is 0 Å². The fourth-order valence-electron chi connectivity index (χ4n) is 2.55. The summed E-state index contributed by atoms with van der Waals surface area (Å²) in [6.45, 7) is 6.79. The van der Waals surface area contributed by atoms with E-state index < -0.39 is 0 Å². The van der Waals surface area contributed by atoms with Gasteiger partial charge in [0.15, 0.2) is 0 Å². The van der Waals surface area contributed by atoms with Gasteiger partial charge in [-0.3, -0.25) is 0 Å². The Morgan fingerprint density at radius 1 is 1.45 bits per heavy atom. The van der Waals surface area contributed by atoms with Gasteiger partial charge in [0.05, 0.1) is 0 Å². The lowest BCUT2D eigenvalue weighted by Crippen LogP contribution is -2.47. The van der Waals surface area contributed by atoms with Crippen molar-refractivity contribution in [3.05, 3.63) is 0 Å². The highest BCUT2D eigenvalue weighted by atomic mass is 35.5. The Labute approximate surface area is 75.3 Å². The molecule has 0 heterocycles. The molecule has 0 amide bonds. The summed E-state index contributed by atoms with van der Waals surface area (Å²) in [5, 5.41) is 0.451. The van der Waals surface area contributed by atoms with E-state index in [-0.39, 0.29) is 0 Å². The SMILES string of the molecule is CCCC1(CC)CC(C)C1Cl. The van der Waals surface area contributed by atoms with Gasteiger partial charge < -0.3 is 0 Å². The number of hydrogen-bond donors (Lipinski definition) is 0. The zero-order valence-electron chi connectivity index (χ0n) is 7.86. The second kappa shape index (κ2) is 3.35. The Bertz CT molecular complexity index is 129. The predicted molar refractivity (Wildman–Crippen MR) is 51.1 cm³/mol. The lowest BCUT2D eigenvalue weighted by molar-refractivity contribution is 0.0588. The van der Waals surface area contributed by atoms with Crippen molar-refractivity contribution in [3.8, 4) is 0 Å². The molecule has 66 valence electrons. The van der Waals surface area contributed by atoms with Crippen LogP contribution < -0.4 is 0 Å². The highest BCUT2D eigenvalue weighted by Crippen LogP contribution is 2.54. The Hall–Kier alpha value is 0.290. The Morgan fingerprint density at radius 2 is 2.09 bits per heavy atom. The van der Waals surface area contributed by atoms with Crippen LogP contribution in [0.1, 0.15) is 46.5 Å². The molecule has 1 rings (SSSR count). The lowest BCUT2D eigenvalue weighted by atomic mass is 9.59. The molecule has 0 aromatic rings. The zero-order valence-corrected chi connectivity index (χ0v) is 8.62. The monoisotopic (exact) mass is 174 g/mol. The molecule has 0 bridgehead atoms. The molecular formula is C10H19Cl. The minimum absolute atomic E-state index is 0.451. The number of alkyl halides is 1. The van der Waals surface area contributed by atoms with E-state index in [0.29, 0.717) is 10.8 Å². The molecule has 3 unspecified atom stereocenters. The van der Waals surface area contributed by atoms with E-state index >= 15 is 0 Å². The molecule has 0 spiro atoms. The summed E-state index contributed by atoms with van der Waals surface area (Å²) in [6, 6.07) is 0. The summed E-state index contributed by atoms with van der Waals surface area (Å²) in [6.07, 6.45) is 5.22. The number of hydrogen-bond acceptors (Lipinski definition) is 0. The van der Waals surface area contributed by atoms with E-state index in [2.05, 4.69) is 20.8 Å². The van der Waals surface area contributed by atoms with Crippen LogP contribution in [0.3, 0.4) is 0 Å². The first-order chi connectivity index (χ1) is 5.16. The second-order valence-electron chi connectivity index (χ2n) is 4.05. The zero-order chi connectivity index (χ0) is 8.48. The Morgan fingerprint density at radius 3 is 2.36 bits per heavy atom. The average Bonchev–Trinajstić information content (AvgIpc) is 2.03. The topological polar surface area (TPSA) is 0 Å². The van der Waals surface area contributed by atoms with E-state index in [9.17, 15) is 0 Å². The van der Waals surface area contributed by atoms with Crippen LogP contribution in [-0.2, 0) is 0 Å². The van der Waals surface area contributed by atoms with Crippen LogP contribution >= 0.6 is 11.6 Å². The highest BCUT2D eigenvalue weighted by Gasteiger charge is 2.48. The first-order valence-corrected chi connectivity index (χ1v) is 5.24. The first kappa shape index (κ1) is 9.38. The molecule has 0 nitrogen and oxygen atoms in total. The molecule has 0 aromatic carbocycles. The summed E-state index contributed by atoms with van der Waals surface area (Å²) in [5.41, 5.74) is 0.510. The van der Waals surface area contributed by atoms with E-state index in [1.54, 1.807) is 0 Å². The predicted octanol–water partition coefficient (Wildman–Crippen LogP) is 3.83. The van der Waals surface area contributed by atoms with Crippen LogP contribution in [0.15, 0.2) is 0 Å². The number of halogens is 1. The van der Waals surface area contributed by atoms with Crippen LogP contribution in [0, 0.1) is 11.3 Å². The standard InChI is InChI=1S/C10H19Cl/c1-4-6-10(5-2)7-8(3)9(10)11/h8-9H,4-7H2,1-3H3. The Balaban J connectivity index is 2.50. The van der Waals surface area contributed by atoms with Gasteiger partial charge in [0.1, 0.15) is 0 Å². The smallest absolute Gasteiger partial charge is 0.0418 e. The van der Waals surface area contributed by atoms with E-state index in [1.807, 2.05) is 0 Å². The van der Waals surface area contributed by atoms with Gasteiger partial charge in [-0.15, -0.1) is 11.6 Å². The van der Waals surface area contributed by atoms with E-state index in [1.165, 1.54) is 25.7 Å². The molecular weight excluding hydrogens is 156 g/mol. The summed E-state index contributed by atoms with van der Waals surface area (Å²) in [4.78, 5) is 0. The lowest BCUT2D eigenvalue weighted by Gasteiger charge is -2.51. The largest absolute Gasteiger partial charge is 0.122 e. The third kappa shape index (κ3) is 1.42. The minimum atomic E-state index is 0.451. The van der Waals surface area contributed by atoms with Crippen molar-refractivity contribution < 1.29 is 0 Å². The molecule has 0 saturated heterocycles. The fourth-order valence-corrected chi connectivity index (χ4v) is 3.00. The Kier molecular flexibility index (Phi) is 2.85. The van der Waals surface area contributed by atoms with Gasteiger partial charge in [0, 0.05) is 5.38 Å². The maximum atomic E-state index is 6.30. The minimum Gasteiger partial charge on any atom is -0.122 e. The van der Waals surface area contributed by atoms with Crippen molar-refractivity contribution in [2.75, 3.05) is 0 Å². The van der Waals surface area contributed by atoms with E-state index in [0.717, 1.165) is 5.92 Å². The van der Waals surface area contributed by atoms with Crippen LogP contribution in [0.2, 0.25) is 0 Å². The summed E-state index contributed by atoms with van der Waals surface area (Å²) < 4.78 is 0. The first-order valence-electron chi connectivity index (χ1n) is 4.80. The normalized spacial score (nSPS) is 43.6. The van der Waals surface area contributed by atoms with Crippen LogP contribution in [-0.4, -0.2) is 5.38 Å². The van der Waals surface area contributed by atoms with Gasteiger partial charge in [-0.25, -0.2) is 0 Å². The van der Waals surface area contributed by atoms with Crippen molar-refractivity contribution in [1.82, 2.24) is 0 Å². The van der Waals surface area contributed by atoms with Gasteiger partial charge in [0.2, 0.25) is 0 Å². The molecule has 11 heavy (non-hydrogen) atoms. The van der Waals surface area contributed by atoms with Crippen molar-refractivity contribution >= 4 is 11.6 Å². The highest BCUT2D eigenvalue weighted by molar-refractivity contribution is 6.21. The molecule has 1 aliphatic carbocycles. The molecule has 0 N–H and O–H groups in total. The quantitative estimate of drug-likeness (QED) is 0.571. The maximum absolute atomic E-state index is 6.30. The van der Waals surface area contributed by atoms with Crippen LogP contribution in [0.25, 0.3) is 0 Å². The molecule has 1 heteroatoms. The molecule has 0 aromatic heterocycles. The van der Waals surface area contributed by atoms with Crippen molar-refractivity contribution in [2.24, 2.45) is 11.3 Å². The third-order valence-electron chi connectivity index (χ3n) is 3.27. The summed E-state index contributed by atoms with van der Waals surface area (Å²) in [7, 11) is 0. The van der Waals surface area contributed by atoms with Gasteiger partial charge in [-0.05, 0) is 30.6 Å². The van der Waals surface area contributed by atoms with Crippen molar-refractivity contribution in [2.45, 2.75) is 51.8 Å². The molecule has 3 atom stereocenters. The average molecular weight is 175 g/mol. The van der Waals surface area contributed by atoms with Crippen molar-refractivity contribution in [3.63, 3.8) is 0 Å². The van der Waals surface area contributed by atoms with Crippen molar-refractivity contribution in [1.29, 1.82) is 0 Å². The summed E-state index contributed by atoms with van der Waals surface area (Å²) >= 11 is 6.30. The molecule has 0 radical (unpaired) electrons. The van der Waals surface area contributed by atoms with Crippen LogP contribution in [0.5, 0.6) is 0 Å². The maximum Gasteiger partial charge on any atom is 0.0418 e. The van der Waals surface area contributed by atoms with E-state index in [4.69, 9.17) is 11.6 Å². The van der Waals surface area contributed by atoms with Gasteiger partial charge in [0.25, 0.3) is 0 Å². The summed E-state index contributed by atoms with van der Waals surface area (Å²) in [5.74, 6) is 0.753. The molecule has 1 fully saturated rings. The van der Waals surface area contributed by atoms with Gasteiger partial charge >= 0.3 is 0 Å². The fraction of sp³-hybridized carbons (Fsp3) is 1.00. The van der Waals surface area contributed by atoms with Gasteiger partial charge in [-0.1, -0.05) is 27.2 Å². The molecule has 1 saturated carbocycles. The third-order valence-corrected chi connectivity index (χ3v) is 4.16. The molecule has 0 aliphatic heterocycles. The van der Waals surface area contributed by atoms with Gasteiger partial charge in [-0.2, -0.15) is 0 Å². The molecule has 1 aliphatic rings. The second-order valence-corrected chi connectivity index (χ2v) is 4.52. The number of rotatable bonds is 3.